The average molecular weight is 420 g/mol. The van der Waals surface area contributed by atoms with Gasteiger partial charge in [-0.25, -0.2) is 4.79 Å². The Labute approximate surface area is 180 Å². The average Bonchev–Trinajstić information content (AvgIpc) is 2.78. The van der Waals surface area contributed by atoms with Crippen molar-refractivity contribution in [1.29, 1.82) is 0 Å². The first kappa shape index (κ1) is 21.8. The monoisotopic (exact) mass is 420 g/mol. The summed E-state index contributed by atoms with van der Waals surface area (Å²) in [7, 11) is 1.51. The number of carboxylic acid groups (broad SMARTS) is 1. The second kappa shape index (κ2) is 9.75. The quantitative estimate of drug-likeness (QED) is 0.584. The van der Waals surface area contributed by atoms with Crippen LogP contribution in [0.25, 0.3) is 10.8 Å². The molecule has 0 fully saturated rings. The largest absolute Gasteiger partial charge is 0.481 e. The van der Waals surface area contributed by atoms with E-state index in [9.17, 15) is 14.4 Å². The molecule has 7 nitrogen and oxygen atoms in total. The van der Waals surface area contributed by atoms with E-state index in [-0.39, 0.29) is 36.2 Å². The van der Waals surface area contributed by atoms with E-state index in [0.717, 1.165) is 16.3 Å². The Morgan fingerprint density at radius 1 is 1.03 bits per heavy atom. The van der Waals surface area contributed by atoms with Crippen LogP contribution in [-0.2, 0) is 16.1 Å². The molecule has 31 heavy (non-hydrogen) atoms. The molecule has 1 atom stereocenters. The first-order valence-electron chi connectivity index (χ1n) is 9.85. The Bertz CT molecular complexity index is 1110. The minimum Gasteiger partial charge on any atom is -0.481 e. The minimum atomic E-state index is -1.08. The van der Waals surface area contributed by atoms with Crippen LogP contribution in [0.3, 0.4) is 0 Å². The third kappa shape index (κ3) is 5.39. The molecule has 0 spiro atoms. The number of benzene rings is 3. The zero-order chi connectivity index (χ0) is 22.4. The number of ether oxygens (including phenoxy) is 1. The highest BCUT2D eigenvalue weighted by atomic mass is 16.5. The Balaban J connectivity index is 1.83. The highest BCUT2D eigenvalue weighted by Crippen LogP contribution is 2.21. The number of fused-ring (bicyclic) bond motifs is 1. The number of hydrogen-bond donors (Lipinski definition) is 2. The van der Waals surface area contributed by atoms with Gasteiger partial charge in [-0.3, -0.25) is 9.59 Å². The van der Waals surface area contributed by atoms with Gasteiger partial charge in [0.2, 0.25) is 5.91 Å². The standard InChI is InChI=1S/C24H24N2O5/c1-16(31-20-11-6-9-18(13-20)24(29)30)23(28)26(15-22(27)25-2)14-19-10-5-8-17-7-3-4-12-21(17)19/h3-13,16H,14-15H2,1-2H3,(H,25,27)(H,29,30)/t16-/m0/s1. The maximum Gasteiger partial charge on any atom is 0.335 e. The van der Waals surface area contributed by atoms with Crippen LogP contribution >= 0.6 is 0 Å². The van der Waals surface area contributed by atoms with Gasteiger partial charge in [0.05, 0.1) is 12.1 Å². The van der Waals surface area contributed by atoms with Crippen molar-refractivity contribution < 1.29 is 24.2 Å². The molecule has 0 aliphatic rings. The molecule has 3 aromatic rings. The van der Waals surface area contributed by atoms with Gasteiger partial charge >= 0.3 is 5.97 Å². The number of likely N-dealkylation sites (N-methyl/N-ethyl adjacent to an activating group) is 1. The number of amides is 2. The van der Waals surface area contributed by atoms with Gasteiger partial charge in [-0.05, 0) is 41.5 Å². The van der Waals surface area contributed by atoms with Crippen LogP contribution < -0.4 is 10.1 Å². The number of nitrogens with zero attached hydrogens (tertiary/aromatic N) is 1. The van der Waals surface area contributed by atoms with Gasteiger partial charge in [-0.2, -0.15) is 0 Å². The van der Waals surface area contributed by atoms with Gasteiger partial charge < -0.3 is 20.1 Å². The summed E-state index contributed by atoms with van der Waals surface area (Å²) in [5.74, 6) is -1.49. The number of aromatic carboxylic acids is 1. The van der Waals surface area contributed by atoms with Crippen LogP contribution in [0.4, 0.5) is 0 Å². The molecule has 2 N–H and O–H groups in total. The lowest BCUT2D eigenvalue weighted by molar-refractivity contribution is -0.141. The van der Waals surface area contributed by atoms with E-state index in [4.69, 9.17) is 9.84 Å². The fourth-order valence-electron chi connectivity index (χ4n) is 3.31. The summed E-state index contributed by atoms with van der Waals surface area (Å²) in [4.78, 5) is 37.8. The molecule has 0 saturated heterocycles. The first-order valence-corrected chi connectivity index (χ1v) is 9.85. The predicted octanol–water partition coefficient (Wildman–Crippen LogP) is 3.08. The molecule has 7 heteroatoms. The van der Waals surface area contributed by atoms with E-state index >= 15 is 0 Å². The molecule has 0 aliphatic heterocycles. The number of nitrogens with one attached hydrogen (secondary N) is 1. The molecule has 0 saturated carbocycles. The molecule has 2 amide bonds. The van der Waals surface area contributed by atoms with Crippen molar-refractivity contribution >= 4 is 28.6 Å². The van der Waals surface area contributed by atoms with Crippen molar-refractivity contribution in [2.24, 2.45) is 0 Å². The highest BCUT2D eigenvalue weighted by molar-refractivity contribution is 5.89. The maximum absolute atomic E-state index is 13.2. The van der Waals surface area contributed by atoms with Gasteiger partial charge in [-0.1, -0.05) is 48.5 Å². The van der Waals surface area contributed by atoms with Crippen LogP contribution in [0.15, 0.2) is 66.7 Å². The molecular weight excluding hydrogens is 396 g/mol. The van der Waals surface area contributed by atoms with Gasteiger partial charge in [0.15, 0.2) is 6.10 Å². The number of rotatable bonds is 8. The van der Waals surface area contributed by atoms with Crippen molar-refractivity contribution in [2.75, 3.05) is 13.6 Å². The van der Waals surface area contributed by atoms with E-state index in [1.54, 1.807) is 19.1 Å². The van der Waals surface area contributed by atoms with Gasteiger partial charge in [0.25, 0.3) is 5.91 Å². The molecule has 0 heterocycles. The summed E-state index contributed by atoms with van der Waals surface area (Å²) in [5, 5.41) is 13.7. The van der Waals surface area contributed by atoms with E-state index < -0.39 is 12.1 Å². The molecule has 3 aromatic carbocycles. The van der Waals surface area contributed by atoms with Crippen LogP contribution in [0, 0.1) is 0 Å². The second-order valence-electron chi connectivity index (χ2n) is 7.10. The molecule has 0 aromatic heterocycles. The van der Waals surface area contributed by atoms with E-state index in [1.165, 1.54) is 24.1 Å². The fourth-order valence-corrected chi connectivity index (χ4v) is 3.31. The van der Waals surface area contributed by atoms with E-state index in [2.05, 4.69) is 5.32 Å². The smallest absolute Gasteiger partial charge is 0.335 e. The first-order chi connectivity index (χ1) is 14.9. The molecule has 0 aliphatic carbocycles. The number of carboxylic acids is 1. The van der Waals surface area contributed by atoms with Crippen LogP contribution in [0.2, 0.25) is 0 Å². The third-order valence-electron chi connectivity index (χ3n) is 4.91. The minimum absolute atomic E-state index is 0.0649. The Morgan fingerprint density at radius 3 is 2.48 bits per heavy atom. The molecular formula is C24H24N2O5. The summed E-state index contributed by atoms with van der Waals surface area (Å²) in [5.41, 5.74) is 0.977. The SMILES string of the molecule is CNC(=O)CN(Cc1cccc2ccccc12)C(=O)[C@H](C)Oc1cccc(C(=O)O)c1. The van der Waals surface area contributed by atoms with Crippen molar-refractivity contribution in [2.45, 2.75) is 19.6 Å². The van der Waals surface area contributed by atoms with Crippen LogP contribution in [-0.4, -0.2) is 47.5 Å². The zero-order valence-corrected chi connectivity index (χ0v) is 17.4. The van der Waals surface area contributed by atoms with Gasteiger partial charge in [0, 0.05) is 13.6 Å². The molecule has 3 rings (SSSR count). The maximum atomic E-state index is 13.2. The molecule has 0 unspecified atom stereocenters. The fraction of sp³-hybridized carbons (Fsp3) is 0.208. The topological polar surface area (TPSA) is 95.9 Å². The normalized spacial score (nSPS) is 11.5. The zero-order valence-electron chi connectivity index (χ0n) is 17.4. The molecule has 160 valence electrons. The van der Waals surface area contributed by atoms with Crippen LogP contribution in [0.1, 0.15) is 22.8 Å². The summed E-state index contributed by atoms with van der Waals surface area (Å²) in [6.45, 7) is 1.69. The van der Waals surface area contributed by atoms with Crippen molar-refractivity contribution in [1.82, 2.24) is 10.2 Å². The van der Waals surface area contributed by atoms with Gasteiger partial charge in [-0.15, -0.1) is 0 Å². The molecule has 0 radical (unpaired) electrons. The van der Waals surface area contributed by atoms with E-state index in [1.807, 2.05) is 42.5 Å². The second-order valence-corrected chi connectivity index (χ2v) is 7.10. The Morgan fingerprint density at radius 2 is 1.74 bits per heavy atom. The summed E-state index contributed by atoms with van der Waals surface area (Å²) in [6.07, 6.45) is -0.913. The number of carbonyl (C=O) groups is 3. The van der Waals surface area contributed by atoms with Crippen molar-refractivity contribution in [3.63, 3.8) is 0 Å². The van der Waals surface area contributed by atoms with Crippen molar-refractivity contribution in [3.05, 3.63) is 77.9 Å². The lowest BCUT2D eigenvalue weighted by atomic mass is 10.0. The predicted molar refractivity (Wildman–Crippen MR) is 117 cm³/mol. The summed E-state index contributed by atoms with van der Waals surface area (Å²) < 4.78 is 5.70. The lowest BCUT2D eigenvalue weighted by Crippen LogP contribution is -2.44. The highest BCUT2D eigenvalue weighted by Gasteiger charge is 2.25. The third-order valence-corrected chi connectivity index (χ3v) is 4.91. The Hall–Kier alpha value is -3.87. The Kier molecular flexibility index (Phi) is 6.87. The van der Waals surface area contributed by atoms with E-state index in [0.29, 0.717) is 0 Å². The summed E-state index contributed by atoms with van der Waals surface area (Å²) in [6, 6.07) is 19.6. The molecule has 0 bridgehead atoms. The van der Waals surface area contributed by atoms with Crippen molar-refractivity contribution in [3.8, 4) is 5.75 Å². The number of carbonyl (C=O) groups excluding carboxylic acids is 2. The summed E-state index contributed by atoms with van der Waals surface area (Å²) >= 11 is 0. The van der Waals surface area contributed by atoms with Crippen LogP contribution in [0.5, 0.6) is 5.75 Å². The lowest BCUT2D eigenvalue weighted by Gasteiger charge is -2.26. The number of hydrogen-bond acceptors (Lipinski definition) is 4. The van der Waals surface area contributed by atoms with Gasteiger partial charge in [0.1, 0.15) is 5.75 Å².